The van der Waals surface area contributed by atoms with Gasteiger partial charge in [0.05, 0.1) is 11.4 Å². The Hall–Kier alpha value is -3.31. The summed E-state index contributed by atoms with van der Waals surface area (Å²) < 4.78 is 1.95. The molecule has 0 N–H and O–H groups in total. The first-order valence-corrected chi connectivity index (χ1v) is 10.5. The zero-order valence-corrected chi connectivity index (χ0v) is 17.3. The smallest absolute Gasteiger partial charge is 0.206 e. The van der Waals surface area contributed by atoms with Crippen molar-refractivity contribution in [3.05, 3.63) is 94.9 Å². The molecule has 4 rings (SSSR count). The van der Waals surface area contributed by atoms with Crippen molar-refractivity contribution in [1.82, 2.24) is 9.66 Å². The van der Waals surface area contributed by atoms with E-state index in [1.54, 1.807) is 23.7 Å². The van der Waals surface area contributed by atoms with E-state index in [9.17, 15) is 0 Å². The minimum Gasteiger partial charge on any atom is -0.265 e. The first-order valence-electron chi connectivity index (χ1n) is 9.59. The fraction of sp³-hybridized carbons (Fsp3) is 0.125. The Labute approximate surface area is 174 Å². The van der Waals surface area contributed by atoms with Gasteiger partial charge in [0.2, 0.25) is 4.80 Å². The van der Waals surface area contributed by atoms with Gasteiger partial charge in [-0.3, -0.25) is 9.98 Å². The maximum atomic E-state index is 4.89. The second kappa shape index (κ2) is 8.80. The van der Waals surface area contributed by atoms with Crippen molar-refractivity contribution in [2.24, 2.45) is 10.1 Å². The van der Waals surface area contributed by atoms with E-state index in [4.69, 9.17) is 5.10 Å². The molecule has 0 atom stereocenters. The monoisotopic (exact) mass is 398 g/mol. The number of benzene rings is 2. The van der Waals surface area contributed by atoms with Crippen LogP contribution in [-0.4, -0.2) is 21.9 Å². The molecule has 0 radical (unpaired) electrons. The third kappa shape index (κ3) is 4.25. The van der Waals surface area contributed by atoms with Crippen molar-refractivity contribution in [1.29, 1.82) is 0 Å². The molecule has 2 aromatic heterocycles. The number of hydrogen-bond acceptors (Lipinski definition) is 4. The second-order valence-electron chi connectivity index (χ2n) is 6.55. The van der Waals surface area contributed by atoms with Crippen LogP contribution in [0.25, 0.3) is 22.4 Å². The summed E-state index contributed by atoms with van der Waals surface area (Å²) >= 11 is 1.61. The average molecular weight is 399 g/mol. The molecule has 0 aliphatic carbocycles. The largest absolute Gasteiger partial charge is 0.265 e. The van der Waals surface area contributed by atoms with Crippen LogP contribution in [0.1, 0.15) is 19.4 Å². The van der Waals surface area contributed by atoms with Crippen LogP contribution < -0.4 is 4.80 Å². The van der Waals surface area contributed by atoms with Crippen molar-refractivity contribution < 1.29 is 0 Å². The highest BCUT2D eigenvalue weighted by molar-refractivity contribution is 7.07. The van der Waals surface area contributed by atoms with Gasteiger partial charge in [-0.2, -0.15) is 5.10 Å². The summed E-state index contributed by atoms with van der Waals surface area (Å²) in [5.41, 5.74) is 6.54. The number of rotatable bonds is 5. The SMILES string of the molecule is CCN=c1scc(-c2ccc(-c3ccccc3)cc2)n1N=C(C)c1ccncc1. The molecule has 0 unspecified atom stereocenters. The maximum absolute atomic E-state index is 4.89. The second-order valence-corrected chi connectivity index (χ2v) is 7.39. The number of aromatic nitrogens is 2. The average Bonchev–Trinajstić information content (AvgIpc) is 3.17. The van der Waals surface area contributed by atoms with E-state index in [2.05, 4.69) is 63.9 Å². The van der Waals surface area contributed by atoms with Gasteiger partial charge >= 0.3 is 0 Å². The molecule has 0 aliphatic rings. The van der Waals surface area contributed by atoms with Crippen LogP contribution in [0.2, 0.25) is 0 Å². The lowest BCUT2D eigenvalue weighted by Crippen LogP contribution is -2.14. The summed E-state index contributed by atoms with van der Waals surface area (Å²) in [5.74, 6) is 0. The molecular weight excluding hydrogens is 376 g/mol. The van der Waals surface area contributed by atoms with Gasteiger partial charge in [-0.1, -0.05) is 54.6 Å². The molecule has 29 heavy (non-hydrogen) atoms. The van der Waals surface area contributed by atoms with Crippen LogP contribution in [-0.2, 0) is 0 Å². The molecule has 0 amide bonds. The van der Waals surface area contributed by atoms with E-state index in [0.717, 1.165) is 33.9 Å². The molecule has 2 heterocycles. The standard InChI is InChI=1S/C24H22N4S/c1-3-26-24-28(27-18(2)19-13-15-25-16-14-19)23(17-29-24)22-11-9-21(10-12-22)20-7-5-4-6-8-20/h4-17H,3H2,1-2H3. The first-order chi connectivity index (χ1) is 14.3. The van der Waals surface area contributed by atoms with Crippen molar-refractivity contribution >= 4 is 17.0 Å². The molecule has 0 fully saturated rings. The summed E-state index contributed by atoms with van der Waals surface area (Å²) in [6, 6.07) is 23.0. The normalized spacial score (nSPS) is 12.3. The molecular formula is C24H22N4S. The van der Waals surface area contributed by atoms with E-state index in [-0.39, 0.29) is 0 Å². The Kier molecular flexibility index (Phi) is 5.77. The first kappa shape index (κ1) is 19.0. The molecule has 0 spiro atoms. The van der Waals surface area contributed by atoms with E-state index in [1.165, 1.54) is 11.1 Å². The summed E-state index contributed by atoms with van der Waals surface area (Å²) in [6.45, 7) is 4.77. The molecule has 4 nitrogen and oxygen atoms in total. The molecule has 0 saturated carbocycles. The van der Waals surface area contributed by atoms with E-state index < -0.39 is 0 Å². The highest BCUT2D eigenvalue weighted by atomic mass is 32.1. The zero-order chi connectivity index (χ0) is 20.1. The Morgan fingerprint density at radius 1 is 0.897 bits per heavy atom. The fourth-order valence-electron chi connectivity index (χ4n) is 3.10. The predicted molar refractivity (Wildman–Crippen MR) is 121 cm³/mol. The minimum absolute atomic E-state index is 0.719. The predicted octanol–water partition coefficient (Wildman–Crippen LogP) is 5.47. The van der Waals surface area contributed by atoms with E-state index >= 15 is 0 Å². The molecule has 4 aromatic rings. The van der Waals surface area contributed by atoms with Crippen LogP contribution in [0.15, 0.2) is 94.6 Å². The molecule has 0 bridgehead atoms. The van der Waals surface area contributed by atoms with Crippen LogP contribution >= 0.6 is 11.3 Å². The molecule has 0 aliphatic heterocycles. The molecule has 0 saturated heterocycles. The molecule has 5 heteroatoms. The van der Waals surface area contributed by atoms with Gasteiger partial charge in [-0.15, -0.1) is 11.3 Å². The van der Waals surface area contributed by atoms with Crippen LogP contribution in [0.5, 0.6) is 0 Å². The Bertz CT molecular complexity index is 1170. The maximum Gasteiger partial charge on any atom is 0.206 e. The van der Waals surface area contributed by atoms with Crippen molar-refractivity contribution in [3.63, 3.8) is 0 Å². The minimum atomic E-state index is 0.719. The molecule has 144 valence electrons. The van der Waals surface area contributed by atoms with Gasteiger partial charge in [0.1, 0.15) is 0 Å². The lowest BCUT2D eigenvalue weighted by Gasteiger charge is -2.07. The quantitative estimate of drug-likeness (QED) is 0.411. The number of hydrogen-bond donors (Lipinski definition) is 0. The Morgan fingerprint density at radius 3 is 2.24 bits per heavy atom. The zero-order valence-electron chi connectivity index (χ0n) is 16.5. The Balaban J connectivity index is 1.76. The highest BCUT2D eigenvalue weighted by Gasteiger charge is 2.09. The Morgan fingerprint density at radius 2 is 1.55 bits per heavy atom. The van der Waals surface area contributed by atoms with Gasteiger partial charge in [-0.05, 0) is 37.1 Å². The number of pyridine rings is 1. The van der Waals surface area contributed by atoms with Gasteiger partial charge in [-0.25, -0.2) is 4.68 Å². The lowest BCUT2D eigenvalue weighted by molar-refractivity contribution is 0.827. The van der Waals surface area contributed by atoms with Crippen LogP contribution in [0.3, 0.4) is 0 Å². The van der Waals surface area contributed by atoms with Crippen molar-refractivity contribution in [3.8, 4) is 22.4 Å². The third-order valence-electron chi connectivity index (χ3n) is 4.61. The van der Waals surface area contributed by atoms with Crippen LogP contribution in [0.4, 0.5) is 0 Å². The summed E-state index contributed by atoms with van der Waals surface area (Å²) in [5, 5.41) is 7.01. The van der Waals surface area contributed by atoms with Gasteiger partial charge in [0, 0.05) is 35.4 Å². The lowest BCUT2D eigenvalue weighted by atomic mass is 10.0. The summed E-state index contributed by atoms with van der Waals surface area (Å²) in [7, 11) is 0. The van der Waals surface area contributed by atoms with E-state index in [0.29, 0.717) is 0 Å². The van der Waals surface area contributed by atoms with Gasteiger partial charge in [0.15, 0.2) is 0 Å². The molecule has 2 aromatic carbocycles. The number of nitrogens with zero attached hydrogens (tertiary/aromatic N) is 4. The van der Waals surface area contributed by atoms with Crippen molar-refractivity contribution in [2.75, 3.05) is 6.54 Å². The number of thiazole rings is 1. The van der Waals surface area contributed by atoms with Gasteiger partial charge in [0.25, 0.3) is 0 Å². The van der Waals surface area contributed by atoms with E-state index in [1.807, 2.05) is 36.7 Å². The van der Waals surface area contributed by atoms with Crippen molar-refractivity contribution in [2.45, 2.75) is 13.8 Å². The van der Waals surface area contributed by atoms with Gasteiger partial charge < -0.3 is 0 Å². The summed E-state index contributed by atoms with van der Waals surface area (Å²) in [6.07, 6.45) is 3.57. The third-order valence-corrected chi connectivity index (χ3v) is 5.47. The topological polar surface area (TPSA) is 42.5 Å². The highest BCUT2D eigenvalue weighted by Crippen LogP contribution is 2.25. The fourth-order valence-corrected chi connectivity index (χ4v) is 4.00. The summed E-state index contributed by atoms with van der Waals surface area (Å²) in [4.78, 5) is 9.61. The van der Waals surface area contributed by atoms with Crippen LogP contribution in [0, 0.1) is 0 Å².